The maximum Gasteiger partial charge on any atom is 0.257 e. The molecule has 3 rings (SSSR count). The van der Waals surface area contributed by atoms with E-state index in [-0.39, 0.29) is 34.1 Å². The fourth-order valence-electron chi connectivity index (χ4n) is 2.50. The molecule has 0 bridgehead atoms. The summed E-state index contributed by atoms with van der Waals surface area (Å²) in [5.74, 6) is -0.786. The standard InChI is InChI=1S/C19H13ClFN3O2/c1-11-16(18(24-26-11)17-14(20)3-2-4-15(17)21)19(25)23-10-13-7-5-12(9-22)6-8-13/h2-8H,10H2,1H3,(H,23,25). The maximum absolute atomic E-state index is 14.2. The van der Waals surface area contributed by atoms with Crippen LogP contribution in [0.2, 0.25) is 5.02 Å². The molecule has 1 heterocycles. The van der Waals surface area contributed by atoms with Crippen LogP contribution in [0.25, 0.3) is 11.3 Å². The van der Waals surface area contributed by atoms with Crippen molar-refractivity contribution in [3.63, 3.8) is 0 Å². The molecule has 1 amide bonds. The Morgan fingerprint density at radius 3 is 2.69 bits per heavy atom. The van der Waals surface area contributed by atoms with E-state index in [2.05, 4.69) is 10.5 Å². The zero-order valence-corrected chi connectivity index (χ0v) is 14.5. The van der Waals surface area contributed by atoms with Crippen molar-refractivity contribution in [1.82, 2.24) is 10.5 Å². The number of halogens is 2. The number of aromatic nitrogens is 1. The van der Waals surface area contributed by atoms with Gasteiger partial charge in [0.1, 0.15) is 22.8 Å². The summed E-state index contributed by atoms with van der Waals surface area (Å²) in [5.41, 5.74) is 1.56. The number of rotatable bonds is 4. The van der Waals surface area contributed by atoms with Crippen molar-refractivity contribution >= 4 is 17.5 Å². The van der Waals surface area contributed by atoms with E-state index in [4.69, 9.17) is 21.4 Å². The predicted molar refractivity (Wildman–Crippen MR) is 94.0 cm³/mol. The van der Waals surface area contributed by atoms with Gasteiger partial charge in [0.15, 0.2) is 0 Å². The van der Waals surface area contributed by atoms with Gasteiger partial charge in [-0.15, -0.1) is 0 Å². The highest BCUT2D eigenvalue weighted by atomic mass is 35.5. The first-order valence-corrected chi connectivity index (χ1v) is 8.07. The molecule has 26 heavy (non-hydrogen) atoms. The van der Waals surface area contributed by atoms with Gasteiger partial charge in [-0.05, 0) is 36.8 Å². The molecule has 0 aliphatic rings. The number of carbonyl (C=O) groups excluding carboxylic acids is 1. The van der Waals surface area contributed by atoms with E-state index in [1.807, 2.05) is 6.07 Å². The second-order valence-corrected chi connectivity index (χ2v) is 5.96. The van der Waals surface area contributed by atoms with Crippen molar-refractivity contribution in [1.29, 1.82) is 5.26 Å². The summed E-state index contributed by atoms with van der Waals surface area (Å²) in [5, 5.41) is 15.5. The first-order chi connectivity index (χ1) is 12.5. The van der Waals surface area contributed by atoms with Gasteiger partial charge in [-0.25, -0.2) is 4.39 Å². The van der Waals surface area contributed by atoms with Crippen LogP contribution < -0.4 is 5.32 Å². The summed E-state index contributed by atoms with van der Waals surface area (Å²) in [6, 6.07) is 13.1. The number of amides is 1. The minimum atomic E-state index is -0.591. The minimum Gasteiger partial charge on any atom is -0.360 e. The summed E-state index contributed by atoms with van der Waals surface area (Å²) >= 11 is 6.07. The number of nitriles is 1. The zero-order valence-electron chi connectivity index (χ0n) is 13.7. The molecule has 0 saturated carbocycles. The highest BCUT2D eigenvalue weighted by molar-refractivity contribution is 6.33. The zero-order chi connectivity index (χ0) is 18.7. The van der Waals surface area contributed by atoms with Gasteiger partial charge in [-0.2, -0.15) is 5.26 Å². The van der Waals surface area contributed by atoms with Gasteiger partial charge in [0, 0.05) is 6.54 Å². The largest absolute Gasteiger partial charge is 0.360 e. The average Bonchev–Trinajstić information content (AvgIpc) is 3.01. The fraction of sp³-hybridized carbons (Fsp3) is 0.105. The topological polar surface area (TPSA) is 78.9 Å². The Hall–Kier alpha value is -3.17. The second-order valence-electron chi connectivity index (χ2n) is 5.55. The number of aryl methyl sites for hydroxylation is 1. The Balaban J connectivity index is 1.86. The Morgan fingerprint density at radius 1 is 1.31 bits per heavy atom. The van der Waals surface area contributed by atoms with Crippen LogP contribution in [0.15, 0.2) is 47.0 Å². The molecule has 0 unspecified atom stereocenters. The van der Waals surface area contributed by atoms with Gasteiger partial charge in [0.05, 0.1) is 22.2 Å². The Morgan fingerprint density at radius 2 is 2.04 bits per heavy atom. The van der Waals surface area contributed by atoms with Gasteiger partial charge < -0.3 is 9.84 Å². The molecule has 3 aromatic rings. The third kappa shape index (κ3) is 3.44. The molecule has 0 fully saturated rings. The summed E-state index contributed by atoms with van der Waals surface area (Å²) in [6.07, 6.45) is 0. The van der Waals surface area contributed by atoms with Gasteiger partial charge in [0.25, 0.3) is 5.91 Å². The van der Waals surface area contributed by atoms with E-state index in [9.17, 15) is 9.18 Å². The van der Waals surface area contributed by atoms with E-state index in [1.54, 1.807) is 31.2 Å². The lowest BCUT2D eigenvalue weighted by atomic mass is 10.0. The lowest BCUT2D eigenvalue weighted by molar-refractivity contribution is 0.0950. The molecule has 5 nitrogen and oxygen atoms in total. The maximum atomic E-state index is 14.2. The quantitative estimate of drug-likeness (QED) is 0.745. The van der Waals surface area contributed by atoms with Gasteiger partial charge in [-0.3, -0.25) is 4.79 Å². The molecule has 130 valence electrons. The summed E-state index contributed by atoms with van der Waals surface area (Å²) in [6.45, 7) is 1.81. The lowest BCUT2D eigenvalue weighted by Crippen LogP contribution is -2.23. The fourth-order valence-corrected chi connectivity index (χ4v) is 2.75. The molecule has 0 aliphatic carbocycles. The second kappa shape index (κ2) is 7.38. The number of nitrogens with one attached hydrogen (secondary N) is 1. The van der Waals surface area contributed by atoms with Crippen LogP contribution in [0.3, 0.4) is 0 Å². The van der Waals surface area contributed by atoms with Crippen LogP contribution in [0, 0.1) is 24.1 Å². The van der Waals surface area contributed by atoms with Crippen molar-refractivity contribution in [2.75, 3.05) is 0 Å². The van der Waals surface area contributed by atoms with Crippen molar-refractivity contribution in [2.45, 2.75) is 13.5 Å². The monoisotopic (exact) mass is 369 g/mol. The van der Waals surface area contributed by atoms with E-state index < -0.39 is 11.7 Å². The minimum absolute atomic E-state index is 0.0227. The number of benzene rings is 2. The average molecular weight is 370 g/mol. The van der Waals surface area contributed by atoms with Crippen LogP contribution in [-0.2, 0) is 6.54 Å². The lowest BCUT2D eigenvalue weighted by Gasteiger charge is -2.07. The smallest absolute Gasteiger partial charge is 0.257 e. The summed E-state index contributed by atoms with van der Waals surface area (Å²) in [7, 11) is 0. The van der Waals surface area contributed by atoms with E-state index in [1.165, 1.54) is 18.2 Å². The van der Waals surface area contributed by atoms with E-state index in [0.29, 0.717) is 5.56 Å². The van der Waals surface area contributed by atoms with Crippen molar-refractivity contribution < 1.29 is 13.7 Å². The molecule has 0 radical (unpaired) electrons. The Labute approximate surface area is 154 Å². The van der Waals surface area contributed by atoms with Crippen molar-refractivity contribution in [2.24, 2.45) is 0 Å². The van der Waals surface area contributed by atoms with E-state index in [0.717, 1.165) is 5.56 Å². The number of hydrogen-bond acceptors (Lipinski definition) is 4. The molecule has 0 atom stereocenters. The molecule has 2 aromatic carbocycles. The van der Waals surface area contributed by atoms with Gasteiger partial charge in [-0.1, -0.05) is 35.0 Å². The van der Waals surface area contributed by atoms with Crippen LogP contribution in [0.4, 0.5) is 4.39 Å². The normalized spacial score (nSPS) is 10.4. The van der Waals surface area contributed by atoms with Crippen molar-refractivity contribution in [3.8, 4) is 17.3 Å². The summed E-state index contributed by atoms with van der Waals surface area (Å²) < 4.78 is 19.3. The van der Waals surface area contributed by atoms with Crippen LogP contribution in [0.1, 0.15) is 27.2 Å². The number of nitrogens with zero attached hydrogens (tertiary/aromatic N) is 2. The molecule has 0 saturated heterocycles. The Kier molecular flexibility index (Phi) is 5.01. The van der Waals surface area contributed by atoms with E-state index >= 15 is 0 Å². The van der Waals surface area contributed by atoms with Crippen LogP contribution >= 0.6 is 11.6 Å². The molecule has 7 heteroatoms. The number of carbonyl (C=O) groups is 1. The molecule has 0 spiro atoms. The highest BCUT2D eigenvalue weighted by Gasteiger charge is 2.25. The molecule has 1 N–H and O–H groups in total. The highest BCUT2D eigenvalue weighted by Crippen LogP contribution is 2.33. The molecule has 0 aliphatic heterocycles. The SMILES string of the molecule is Cc1onc(-c2c(F)cccc2Cl)c1C(=O)NCc1ccc(C#N)cc1. The molecular weight excluding hydrogens is 357 g/mol. The first kappa shape index (κ1) is 17.6. The summed E-state index contributed by atoms with van der Waals surface area (Å²) in [4.78, 5) is 12.6. The molecular formula is C19H13ClFN3O2. The molecule has 1 aromatic heterocycles. The van der Waals surface area contributed by atoms with Gasteiger partial charge >= 0.3 is 0 Å². The predicted octanol–water partition coefficient (Wildman–Crippen LogP) is 4.24. The third-order valence-electron chi connectivity index (χ3n) is 3.83. The van der Waals surface area contributed by atoms with Crippen molar-refractivity contribution in [3.05, 3.63) is 75.8 Å². The third-order valence-corrected chi connectivity index (χ3v) is 4.14. The Bertz CT molecular complexity index is 986. The van der Waals surface area contributed by atoms with Crippen LogP contribution in [0.5, 0.6) is 0 Å². The van der Waals surface area contributed by atoms with Gasteiger partial charge in [0.2, 0.25) is 0 Å². The first-order valence-electron chi connectivity index (χ1n) is 7.69. The number of hydrogen-bond donors (Lipinski definition) is 1. The van der Waals surface area contributed by atoms with Crippen LogP contribution in [-0.4, -0.2) is 11.1 Å².